The van der Waals surface area contributed by atoms with Gasteiger partial charge in [-0.25, -0.2) is 0 Å². The Kier molecular flexibility index (Phi) is 3.04. The maximum absolute atomic E-state index is 11.9. The smallest absolute Gasteiger partial charge is 0.232 e. The second-order valence-electron chi connectivity index (χ2n) is 4.38. The van der Waals surface area contributed by atoms with Gasteiger partial charge in [0.2, 0.25) is 5.91 Å². The molecule has 1 aromatic carbocycles. The van der Waals surface area contributed by atoms with Crippen LogP contribution in [0.3, 0.4) is 0 Å². The Balaban J connectivity index is 2.12. The molecule has 2 N–H and O–H groups in total. The van der Waals surface area contributed by atoms with Crippen molar-refractivity contribution in [1.82, 2.24) is 0 Å². The summed E-state index contributed by atoms with van der Waals surface area (Å²) in [6.07, 6.45) is 1.55. The molecule has 1 amide bonds. The van der Waals surface area contributed by atoms with Crippen LogP contribution in [0.1, 0.15) is 18.4 Å². The van der Waals surface area contributed by atoms with Crippen LogP contribution in [0.15, 0.2) is 22.7 Å². The minimum atomic E-state index is -0.523. The van der Waals surface area contributed by atoms with E-state index in [1.54, 1.807) is 0 Å². The summed E-state index contributed by atoms with van der Waals surface area (Å²) in [5.74, 6) is -0.0837. The van der Waals surface area contributed by atoms with Crippen LogP contribution in [0.4, 0.5) is 5.69 Å². The van der Waals surface area contributed by atoms with E-state index in [4.69, 9.17) is 5.11 Å². The number of aliphatic hydroxyl groups is 1. The van der Waals surface area contributed by atoms with E-state index in [-0.39, 0.29) is 12.5 Å². The fourth-order valence-corrected chi connectivity index (χ4v) is 2.18. The number of hydrogen-bond acceptors (Lipinski definition) is 2. The third-order valence-electron chi connectivity index (χ3n) is 3.01. The Morgan fingerprint density at radius 2 is 2.25 bits per heavy atom. The number of aryl methyl sites for hydroxylation is 1. The molecule has 0 bridgehead atoms. The summed E-state index contributed by atoms with van der Waals surface area (Å²) in [7, 11) is 0. The average Bonchev–Trinajstić information content (AvgIpc) is 3.03. The molecule has 16 heavy (non-hydrogen) atoms. The van der Waals surface area contributed by atoms with Crippen LogP contribution in [-0.2, 0) is 4.79 Å². The third-order valence-corrected chi connectivity index (χ3v) is 3.67. The molecule has 0 aromatic heterocycles. The number of carbonyl (C=O) groups is 1. The molecule has 0 spiro atoms. The monoisotopic (exact) mass is 283 g/mol. The second-order valence-corrected chi connectivity index (χ2v) is 5.23. The molecule has 2 rings (SSSR count). The molecule has 0 radical (unpaired) electrons. The summed E-state index contributed by atoms with van der Waals surface area (Å²) < 4.78 is 0.870. The van der Waals surface area contributed by atoms with Crippen molar-refractivity contribution in [1.29, 1.82) is 0 Å². The predicted octanol–water partition coefficient (Wildman–Crippen LogP) is 2.47. The number of amides is 1. The molecule has 0 saturated heterocycles. The van der Waals surface area contributed by atoms with Gasteiger partial charge in [-0.2, -0.15) is 0 Å². The van der Waals surface area contributed by atoms with Crippen molar-refractivity contribution < 1.29 is 9.90 Å². The highest BCUT2D eigenvalue weighted by molar-refractivity contribution is 9.10. The van der Waals surface area contributed by atoms with E-state index in [1.165, 1.54) is 0 Å². The molecule has 1 aliphatic rings. The van der Waals surface area contributed by atoms with E-state index in [2.05, 4.69) is 21.2 Å². The van der Waals surface area contributed by atoms with E-state index in [1.807, 2.05) is 25.1 Å². The van der Waals surface area contributed by atoms with Crippen LogP contribution in [0, 0.1) is 12.3 Å². The minimum Gasteiger partial charge on any atom is -0.395 e. The lowest BCUT2D eigenvalue weighted by molar-refractivity contribution is -0.122. The molecule has 0 unspecified atom stereocenters. The highest BCUT2D eigenvalue weighted by Crippen LogP contribution is 2.46. The van der Waals surface area contributed by atoms with Gasteiger partial charge in [0.25, 0.3) is 0 Å². The van der Waals surface area contributed by atoms with Gasteiger partial charge in [0, 0.05) is 4.47 Å². The van der Waals surface area contributed by atoms with Gasteiger partial charge in [-0.3, -0.25) is 4.79 Å². The number of benzene rings is 1. The van der Waals surface area contributed by atoms with Gasteiger partial charge in [-0.05, 0) is 53.4 Å². The van der Waals surface area contributed by atoms with Gasteiger partial charge >= 0.3 is 0 Å². The number of anilines is 1. The number of nitrogens with one attached hydrogen (secondary N) is 1. The predicted molar refractivity (Wildman–Crippen MR) is 66.3 cm³/mol. The Labute approximate surface area is 103 Å². The van der Waals surface area contributed by atoms with Crippen molar-refractivity contribution in [3.05, 3.63) is 28.2 Å². The largest absolute Gasteiger partial charge is 0.395 e. The Hall–Kier alpha value is -0.870. The Bertz CT molecular complexity index is 427. The summed E-state index contributed by atoms with van der Waals surface area (Å²) in [6.45, 7) is 1.93. The van der Waals surface area contributed by atoms with Gasteiger partial charge in [-0.15, -0.1) is 0 Å². The van der Waals surface area contributed by atoms with Gasteiger partial charge in [0.05, 0.1) is 17.7 Å². The Morgan fingerprint density at radius 3 is 2.75 bits per heavy atom. The van der Waals surface area contributed by atoms with Crippen molar-refractivity contribution in [3.8, 4) is 0 Å². The van der Waals surface area contributed by atoms with Crippen LogP contribution in [0.2, 0.25) is 0 Å². The molecular formula is C12H14BrNO2. The molecule has 4 heteroatoms. The highest BCUT2D eigenvalue weighted by atomic mass is 79.9. The average molecular weight is 284 g/mol. The van der Waals surface area contributed by atoms with E-state index >= 15 is 0 Å². The van der Waals surface area contributed by atoms with Crippen molar-refractivity contribution in [2.75, 3.05) is 11.9 Å². The fraction of sp³-hybridized carbons (Fsp3) is 0.417. The van der Waals surface area contributed by atoms with Crippen LogP contribution >= 0.6 is 15.9 Å². The van der Waals surface area contributed by atoms with Crippen LogP contribution in [0.25, 0.3) is 0 Å². The SMILES string of the molecule is Cc1ccc(NC(=O)C2(CO)CC2)c(Br)c1. The molecule has 0 atom stereocenters. The summed E-state index contributed by atoms with van der Waals surface area (Å²) >= 11 is 3.41. The normalized spacial score (nSPS) is 16.9. The topological polar surface area (TPSA) is 49.3 Å². The van der Waals surface area contributed by atoms with Gasteiger partial charge < -0.3 is 10.4 Å². The van der Waals surface area contributed by atoms with Crippen molar-refractivity contribution >= 4 is 27.5 Å². The molecule has 1 fully saturated rings. The number of hydrogen-bond donors (Lipinski definition) is 2. The number of aliphatic hydroxyl groups excluding tert-OH is 1. The summed E-state index contributed by atoms with van der Waals surface area (Å²) in [5, 5.41) is 12.0. The molecule has 0 aliphatic heterocycles. The zero-order valence-electron chi connectivity index (χ0n) is 9.09. The van der Waals surface area contributed by atoms with Gasteiger partial charge in [0.15, 0.2) is 0 Å². The lowest BCUT2D eigenvalue weighted by Gasteiger charge is -2.13. The van der Waals surface area contributed by atoms with E-state index in [9.17, 15) is 4.79 Å². The van der Waals surface area contributed by atoms with Crippen LogP contribution < -0.4 is 5.32 Å². The van der Waals surface area contributed by atoms with Gasteiger partial charge in [-0.1, -0.05) is 6.07 Å². The second kappa shape index (κ2) is 4.18. The molecular weight excluding hydrogens is 270 g/mol. The zero-order valence-corrected chi connectivity index (χ0v) is 10.7. The Morgan fingerprint density at radius 1 is 1.56 bits per heavy atom. The first-order valence-corrected chi connectivity index (χ1v) is 6.05. The van der Waals surface area contributed by atoms with Crippen LogP contribution in [0.5, 0.6) is 0 Å². The molecule has 0 heterocycles. The summed E-state index contributed by atoms with van der Waals surface area (Å²) in [4.78, 5) is 11.9. The lowest BCUT2D eigenvalue weighted by Crippen LogP contribution is -2.27. The summed E-state index contributed by atoms with van der Waals surface area (Å²) in [5.41, 5.74) is 1.37. The molecule has 1 aromatic rings. The fourth-order valence-electron chi connectivity index (χ4n) is 1.58. The minimum absolute atomic E-state index is 0.0671. The highest BCUT2D eigenvalue weighted by Gasteiger charge is 2.49. The standard InChI is InChI=1S/C12H14BrNO2/c1-8-2-3-10(9(13)6-8)14-11(16)12(7-15)4-5-12/h2-3,6,15H,4-5,7H2,1H3,(H,14,16). The molecule has 3 nitrogen and oxygen atoms in total. The van der Waals surface area contributed by atoms with Crippen molar-refractivity contribution in [2.24, 2.45) is 5.41 Å². The quantitative estimate of drug-likeness (QED) is 0.895. The molecule has 86 valence electrons. The number of rotatable bonds is 3. The molecule has 1 saturated carbocycles. The first-order chi connectivity index (χ1) is 7.57. The van der Waals surface area contributed by atoms with Gasteiger partial charge in [0.1, 0.15) is 0 Å². The van der Waals surface area contributed by atoms with Crippen molar-refractivity contribution in [2.45, 2.75) is 19.8 Å². The zero-order chi connectivity index (χ0) is 11.8. The first kappa shape index (κ1) is 11.6. The maximum Gasteiger partial charge on any atom is 0.232 e. The lowest BCUT2D eigenvalue weighted by atomic mass is 10.1. The van der Waals surface area contributed by atoms with E-state index in [0.29, 0.717) is 0 Å². The first-order valence-electron chi connectivity index (χ1n) is 5.26. The van der Waals surface area contributed by atoms with E-state index in [0.717, 1.165) is 28.6 Å². The summed E-state index contributed by atoms with van der Waals surface area (Å²) in [6, 6.07) is 5.76. The van der Waals surface area contributed by atoms with Crippen molar-refractivity contribution in [3.63, 3.8) is 0 Å². The number of carbonyl (C=O) groups excluding carboxylic acids is 1. The third kappa shape index (κ3) is 2.13. The molecule has 1 aliphatic carbocycles. The van der Waals surface area contributed by atoms with E-state index < -0.39 is 5.41 Å². The van der Waals surface area contributed by atoms with Crippen LogP contribution in [-0.4, -0.2) is 17.6 Å². The maximum atomic E-state index is 11.9. The number of halogens is 1.